The summed E-state index contributed by atoms with van der Waals surface area (Å²) in [5.74, 6) is 0.306. The van der Waals surface area contributed by atoms with Crippen molar-refractivity contribution in [2.45, 2.75) is 24.7 Å². The minimum atomic E-state index is -3.43. The largest absolute Gasteiger partial charge is 0.383 e. The van der Waals surface area contributed by atoms with E-state index >= 15 is 0 Å². The monoisotopic (exact) mass is 336 g/mol. The summed E-state index contributed by atoms with van der Waals surface area (Å²) in [6, 6.07) is 7.06. The van der Waals surface area contributed by atoms with Gasteiger partial charge in [0.15, 0.2) is 0 Å². The Labute approximate surface area is 133 Å². The Balaban J connectivity index is 0.00000400. The third-order valence-corrected chi connectivity index (χ3v) is 4.37. The van der Waals surface area contributed by atoms with E-state index in [0.717, 1.165) is 5.56 Å². The van der Waals surface area contributed by atoms with Gasteiger partial charge in [-0.15, -0.1) is 12.4 Å². The van der Waals surface area contributed by atoms with Crippen LogP contribution in [0.4, 0.5) is 0 Å². The van der Waals surface area contributed by atoms with Crippen LogP contribution in [0.2, 0.25) is 0 Å². The van der Waals surface area contributed by atoms with E-state index in [9.17, 15) is 8.42 Å². The molecule has 0 saturated carbocycles. The molecular formula is C14H25ClN2O3S. The molecular weight excluding hydrogens is 312 g/mol. The molecule has 2 N–H and O–H groups in total. The highest BCUT2D eigenvalue weighted by Crippen LogP contribution is 2.18. The van der Waals surface area contributed by atoms with E-state index in [2.05, 4.69) is 10.0 Å². The Morgan fingerprint density at radius 1 is 1.19 bits per heavy atom. The van der Waals surface area contributed by atoms with Crippen LogP contribution in [0.3, 0.4) is 0 Å². The lowest BCUT2D eigenvalue weighted by Crippen LogP contribution is -2.33. The number of rotatable bonds is 9. The van der Waals surface area contributed by atoms with Gasteiger partial charge in [0, 0.05) is 26.7 Å². The molecule has 5 nitrogen and oxygen atoms in total. The van der Waals surface area contributed by atoms with Gasteiger partial charge in [-0.05, 0) is 23.6 Å². The molecule has 0 radical (unpaired) electrons. The second-order valence-corrected chi connectivity index (χ2v) is 6.63. The van der Waals surface area contributed by atoms with Crippen molar-refractivity contribution in [3.05, 3.63) is 29.8 Å². The highest BCUT2D eigenvalue weighted by atomic mass is 35.5. The Bertz CT molecular complexity index is 507. The Morgan fingerprint density at radius 3 is 2.52 bits per heavy atom. The van der Waals surface area contributed by atoms with Crippen LogP contribution in [0, 0.1) is 0 Å². The maximum Gasteiger partial charge on any atom is 0.240 e. The fraction of sp³-hybridized carbons (Fsp3) is 0.571. The Morgan fingerprint density at radius 2 is 1.90 bits per heavy atom. The lowest BCUT2D eigenvalue weighted by molar-refractivity contribution is 0.199. The molecule has 0 aliphatic carbocycles. The number of benzene rings is 1. The summed E-state index contributed by atoms with van der Waals surface area (Å²) in [6.07, 6.45) is 0. The summed E-state index contributed by atoms with van der Waals surface area (Å²) < 4.78 is 31.7. The molecule has 0 fully saturated rings. The molecule has 0 bridgehead atoms. The number of methoxy groups -OCH3 is 1. The third-order valence-electron chi connectivity index (χ3n) is 2.91. The number of sulfonamides is 1. The van der Waals surface area contributed by atoms with Gasteiger partial charge in [-0.2, -0.15) is 0 Å². The second-order valence-electron chi connectivity index (χ2n) is 4.87. The van der Waals surface area contributed by atoms with Crippen molar-refractivity contribution < 1.29 is 13.2 Å². The molecule has 122 valence electrons. The van der Waals surface area contributed by atoms with E-state index < -0.39 is 10.0 Å². The van der Waals surface area contributed by atoms with Crippen LogP contribution in [0.25, 0.3) is 0 Å². The highest BCUT2D eigenvalue weighted by Gasteiger charge is 2.14. The van der Waals surface area contributed by atoms with Gasteiger partial charge in [0.05, 0.1) is 11.5 Å². The van der Waals surface area contributed by atoms with Crippen LogP contribution < -0.4 is 10.0 Å². The lowest BCUT2D eigenvalue weighted by Gasteiger charge is -2.10. The zero-order valence-corrected chi connectivity index (χ0v) is 14.4. The summed E-state index contributed by atoms with van der Waals surface area (Å²) in [4.78, 5) is 0.320. The van der Waals surface area contributed by atoms with Gasteiger partial charge >= 0.3 is 0 Å². The Hall–Kier alpha value is -0.660. The van der Waals surface area contributed by atoms with Crippen LogP contribution in [0.15, 0.2) is 29.2 Å². The summed E-state index contributed by atoms with van der Waals surface area (Å²) in [5, 5.41) is 3.09. The third kappa shape index (κ3) is 7.24. The second kappa shape index (κ2) is 10.1. The normalized spacial score (nSPS) is 11.4. The molecule has 0 aliphatic rings. The molecule has 0 amide bonds. The Kier molecular flexibility index (Phi) is 9.81. The first kappa shape index (κ1) is 20.3. The van der Waals surface area contributed by atoms with Crippen molar-refractivity contribution in [1.29, 1.82) is 0 Å². The zero-order valence-electron chi connectivity index (χ0n) is 12.8. The van der Waals surface area contributed by atoms with E-state index in [-0.39, 0.29) is 12.4 Å². The summed E-state index contributed by atoms with van der Waals surface area (Å²) >= 11 is 0. The average molecular weight is 337 g/mol. The quantitative estimate of drug-likeness (QED) is 0.674. The van der Waals surface area contributed by atoms with E-state index in [4.69, 9.17) is 4.74 Å². The first-order valence-electron chi connectivity index (χ1n) is 6.76. The van der Waals surface area contributed by atoms with Crippen molar-refractivity contribution in [2.75, 3.05) is 33.4 Å². The molecule has 1 aromatic rings. The van der Waals surface area contributed by atoms with Gasteiger partial charge in [0.2, 0.25) is 10.0 Å². The number of ether oxygens (including phenoxy) is 1. The number of halogens is 1. The van der Waals surface area contributed by atoms with Crippen molar-refractivity contribution in [1.82, 2.24) is 10.0 Å². The van der Waals surface area contributed by atoms with Crippen molar-refractivity contribution in [2.24, 2.45) is 0 Å². The summed E-state index contributed by atoms with van der Waals surface area (Å²) in [7, 11) is -1.80. The molecule has 7 heteroatoms. The molecule has 0 heterocycles. The van der Waals surface area contributed by atoms with E-state index in [1.165, 1.54) is 0 Å². The van der Waals surface area contributed by atoms with Gasteiger partial charge in [-0.3, -0.25) is 0 Å². The average Bonchev–Trinajstić information content (AvgIpc) is 2.43. The molecule has 0 saturated heterocycles. The zero-order chi connectivity index (χ0) is 15.0. The van der Waals surface area contributed by atoms with Gasteiger partial charge in [0.25, 0.3) is 0 Å². The molecule has 1 rings (SSSR count). The van der Waals surface area contributed by atoms with Crippen LogP contribution in [0.1, 0.15) is 25.3 Å². The van der Waals surface area contributed by atoms with Crippen LogP contribution in [-0.2, 0) is 14.8 Å². The molecule has 0 aliphatic heterocycles. The van der Waals surface area contributed by atoms with Gasteiger partial charge < -0.3 is 10.1 Å². The van der Waals surface area contributed by atoms with Gasteiger partial charge in [-0.25, -0.2) is 13.1 Å². The first-order valence-corrected chi connectivity index (χ1v) is 8.25. The van der Waals surface area contributed by atoms with Crippen LogP contribution >= 0.6 is 12.4 Å². The molecule has 1 aromatic carbocycles. The predicted octanol–water partition coefficient (Wildman–Crippen LogP) is 1.75. The number of hydrogen-bond donors (Lipinski definition) is 2. The first-order chi connectivity index (χ1) is 9.47. The summed E-state index contributed by atoms with van der Waals surface area (Å²) in [5.41, 5.74) is 1.02. The van der Waals surface area contributed by atoms with Crippen LogP contribution in [-0.4, -0.2) is 41.8 Å². The minimum Gasteiger partial charge on any atom is -0.383 e. The van der Waals surface area contributed by atoms with Gasteiger partial charge in [0.1, 0.15) is 0 Å². The van der Waals surface area contributed by atoms with E-state index in [0.29, 0.717) is 37.1 Å². The van der Waals surface area contributed by atoms with Gasteiger partial charge in [-0.1, -0.05) is 26.0 Å². The number of nitrogens with one attached hydrogen (secondary N) is 2. The maximum absolute atomic E-state index is 12.1. The molecule has 0 unspecified atom stereocenters. The SMILES string of the molecule is COCCNCCNS(=O)(=O)c1cccc(C(C)C)c1.Cl. The van der Waals surface area contributed by atoms with E-state index in [1.807, 2.05) is 19.9 Å². The molecule has 0 atom stereocenters. The fourth-order valence-electron chi connectivity index (χ4n) is 1.70. The highest BCUT2D eigenvalue weighted by molar-refractivity contribution is 7.89. The topological polar surface area (TPSA) is 67.4 Å². The maximum atomic E-state index is 12.1. The van der Waals surface area contributed by atoms with Crippen molar-refractivity contribution in [3.63, 3.8) is 0 Å². The van der Waals surface area contributed by atoms with E-state index in [1.54, 1.807) is 25.3 Å². The van der Waals surface area contributed by atoms with Crippen molar-refractivity contribution >= 4 is 22.4 Å². The van der Waals surface area contributed by atoms with Crippen LogP contribution in [0.5, 0.6) is 0 Å². The smallest absolute Gasteiger partial charge is 0.240 e. The lowest BCUT2D eigenvalue weighted by atomic mass is 10.0. The minimum absolute atomic E-state index is 0. The number of hydrogen-bond acceptors (Lipinski definition) is 4. The standard InChI is InChI=1S/C14H24N2O3S.ClH/c1-12(2)13-5-4-6-14(11-13)20(17,18)16-8-7-15-9-10-19-3;/h4-6,11-12,15-16H,7-10H2,1-3H3;1H. The molecule has 21 heavy (non-hydrogen) atoms. The fourth-order valence-corrected chi connectivity index (χ4v) is 2.78. The summed E-state index contributed by atoms with van der Waals surface area (Å²) in [6.45, 7) is 6.34. The molecule has 0 aromatic heterocycles. The van der Waals surface area contributed by atoms with Crippen molar-refractivity contribution in [3.8, 4) is 0 Å². The predicted molar refractivity (Wildman–Crippen MR) is 87.7 cm³/mol. The molecule has 0 spiro atoms.